The van der Waals surface area contributed by atoms with Crippen molar-refractivity contribution in [3.63, 3.8) is 0 Å². The molecule has 0 unspecified atom stereocenters. The lowest BCUT2D eigenvalue weighted by Crippen LogP contribution is -2.05. The van der Waals surface area contributed by atoms with Gasteiger partial charge in [0, 0.05) is 23.4 Å². The number of anilines is 1. The molecule has 0 atom stereocenters. The predicted molar refractivity (Wildman–Crippen MR) is 85.6 cm³/mol. The van der Waals surface area contributed by atoms with Crippen LogP contribution < -0.4 is 5.32 Å². The van der Waals surface area contributed by atoms with Gasteiger partial charge in [-0.05, 0) is 26.0 Å². The molecule has 0 saturated heterocycles. The van der Waals surface area contributed by atoms with E-state index < -0.39 is 0 Å². The first kappa shape index (κ1) is 14.9. The van der Waals surface area contributed by atoms with Gasteiger partial charge in [-0.2, -0.15) is 0 Å². The van der Waals surface area contributed by atoms with Gasteiger partial charge in [-0.1, -0.05) is 43.3 Å². The van der Waals surface area contributed by atoms with E-state index in [1.54, 1.807) is 11.8 Å². The molecule has 4 heteroatoms. The second kappa shape index (κ2) is 6.75. The molecule has 0 aliphatic rings. The number of aryl methyl sites for hydroxylation is 1. The lowest BCUT2D eigenvalue weighted by atomic mass is 10.2. The maximum atomic E-state index is 4.64. The number of hydrogen-bond acceptors (Lipinski definition) is 4. The molecule has 1 heterocycles. The molecule has 3 nitrogen and oxygen atoms in total. The Labute approximate surface area is 125 Å². The van der Waals surface area contributed by atoms with Gasteiger partial charge in [0.1, 0.15) is 16.7 Å². The van der Waals surface area contributed by atoms with Crippen LogP contribution in [0.5, 0.6) is 0 Å². The van der Waals surface area contributed by atoms with Crippen molar-refractivity contribution in [1.29, 1.82) is 0 Å². The highest BCUT2D eigenvalue weighted by Crippen LogP contribution is 2.28. The van der Waals surface area contributed by atoms with Crippen LogP contribution in [0.1, 0.15) is 38.1 Å². The van der Waals surface area contributed by atoms with Crippen molar-refractivity contribution in [1.82, 2.24) is 9.97 Å². The predicted octanol–water partition coefficient (Wildman–Crippen LogP) is 4.49. The highest BCUT2D eigenvalue weighted by Gasteiger charge is 2.09. The summed E-state index contributed by atoms with van der Waals surface area (Å²) in [6.45, 7) is 9.27. The maximum absolute atomic E-state index is 4.64. The molecular formula is C16H21N3S. The first-order chi connectivity index (χ1) is 9.58. The highest BCUT2D eigenvalue weighted by molar-refractivity contribution is 7.99. The fourth-order valence-corrected chi connectivity index (χ4v) is 2.58. The Morgan fingerprint density at radius 1 is 1.15 bits per heavy atom. The van der Waals surface area contributed by atoms with Crippen molar-refractivity contribution in [3.05, 3.63) is 41.7 Å². The summed E-state index contributed by atoms with van der Waals surface area (Å²) >= 11 is 1.68. The van der Waals surface area contributed by atoms with Crippen LogP contribution in [-0.4, -0.2) is 16.5 Å². The van der Waals surface area contributed by atoms with Crippen LogP contribution in [0.15, 0.2) is 40.3 Å². The minimum Gasteiger partial charge on any atom is -0.370 e. The van der Waals surface area contributed by atoms with Crippen molar-refractivity contribution >= 4 is 17.6 Å². The van der Waals surface area contributed by atoms with Gasteiger partial charge in [-0.3, -0.25) is 0 Å². The van der Waals surface area contributed by atoms with Crippen LogP contribution in [0.3, 0.4) is 0 Å². The number of nitrogens with one attached hydrogen (secondary N) is 1. The van der Waals surface area contributed by atoms with E-state index in [0.717, 1.165) is 23.2 Å². The highest BCUT2D eigenvalue weighted by atomic mass is 32.2. The Bertz CT molecular complexity index is 564. The zero-order valence-electron chi connectivity index (χ0n) is 12.5. The molecular weight excluding hydrogens is 266 g/mol. The van der Waals surface area contributed by atoms with Crippen LogP contribution in [0.4, 0.5) is 5.82 Å². The van der Waals surface area contributed by atoms with E-state index in [0.29, 0.717) is 5.92 Å². The number of aromatic nitrogens is 2. The van der Waals surface area contributed by atoms with Crippen molar-refractivity contribution < 1.29 is 0 Å². The second-order valence-electron chi connectivity index (χ2n) is 5.05. The summed E-state index contributed by atoms with van der Waals surface area (Å²) in [4.78, 5) is 10.4. The van der Waals surface area contributed by atoms with Gasteiger partial charge in [0.2, 0.25) is 0 Å². The molecule has 20 heavy (non-hydrogen) atoms. The minimum absolute atomic E-state index is 0.325. The molecule has 0 aliphatic heterocycles. The summed E-state index contributed by atoms with van der Waals surface area (Å²) < 4.78 is 0. The van der Waals surface area contributed by atoms with Crippen LogP contribution in [0.25, 0.3) is 0 Å². The van der Waals surface area contributed by atoms with E-state index in [1.165, 1.54) is 10.5 Å². The van der Waals surface area contributed by atoms with E-state index in [9.17, 15) is 0 Å². The average Bonchev–Trinajstić information content (AvgIpc) is 2.41. The number of hydrogen-bond donors (Lipinski definition) is 1. The summed E-state index contributed by atoms with van der Waals surface area (Å²) in [5.74, 6) is 2.12. The van der Waals surface area contributed by atoms with E-state index >= 15 is 0 Å². The van der Waals surface area contributed by atoms with Crippen LogP contribution in [0, 0.1) is 6.92 Å². The molecule has 0 saturated carbocycles. The Morgan fingerprint density at radius 3 is 2.45 bits per heavy atom. The van der Waals surface area contributed by atoms with Crippen molar-refractivity contribution in [2.75, 3.05) is 11.9 Å². The number of rotatable bonds is 5. The second-order valence-corrected chi connectivity index (χ2v) is 6.14. The van der Waals surface area contributed by atoms with Crippen LogP contribution >= 0.6 is 11.8 Å². The molecule has 1 aromatic carbocycles. The topological polar surface area (TPSA) is 37.8 Å². The fraction of sp³-hybridized carbons (Fsp3) is 0.375. The summed E-state index contributed by atoms with van der Waals surface area (Å²) in [6, 6.07) is 10.5. The third-order valence-electron chi connectivity index (χ3n) is 2.84. The monoisotopic (exact) mass is 287 g/mol. The molecule has 0 fully saturated rings. The molecule has 0 aliphatic carbocycles. The molecule has 2 aromatic rings. The molecule has 1 aromatic heterocycles. The summed E-state index contributed by atoms with van der Waals surface area (Å²) in [5, 5.41) is 4.26. The van der Waals surface area contributed by atoms with Crippen LogP contribution in [-0.2, 0) is 0 Å². The van der Waals surface area contributed by atoms with E-state index in [2.05, 4.69) is 67.2 Å². The molecule has 0 bridgehead atoms. The first-order valence-corrected chi connectivity index (χ1v) is 7.77. The van der Waals surface area contributed by atoms with E-state index in [-0.39, 0.29) is 0 Å². The third kappa shape index (κ3) is 3.97. The third-order valence-corrected chi connectivity index (χ3v) is 3.76. The lowest BCUT2D eigenvalue weighted by Gasteiger charge is -2.10. The normalized spacial score (nSPS) is 10.8. The smallest absolute Gasteiger partial charge is 0.134 e. The Kier molecular flexibility index (Phi) is 5.01. The Hall–Kier alpha value is -1.55. The van der Waals surface area contributed by atoms with Gasteiger partial charge >= 0.3 is 0 Å². The fourth-order valence-electron chi connectivity index (χ4n) is 1.75. The number of benzene rings is 1. The van der Waals surface area contributed by atoms with E-state index in [1.807, 2.05) is 6.07 Å². The molecule has 0 radical (unpaired) electrons. The molecule has 106 valence electrons. The number of nitrogens with zero attached hydrogens (tertiary/aromatic N) is 2. The largest absolute Gasteiger partial charge is 0.370 e. The van der Waals surface area contributed by atoms with Crippen LogP contribution in [0.2, 0.25) is 0 Å². The van der Waals surface area contributed by atoms with Crippen molar-refractivity contribution in [3.8, 4) is 0 Å². The van der Waals surface area contributed by atoms with Crippen molar-refractivity contribution in [2.45, 2.75) is 43.5 Å². The van der Waals surface area contributed by atoms with Gasteiger partial charge in [0.25, 0.3) is 0 Å². The van der Waals surface area contributed by atoms with Gasteiger partial charge in [0.05, 0.1) is 0 Å². The summed E-state index contributed by atoms with van der Waals surface area (Å²) in [7, 11) is 0. The first-order valence-electron chi connectivity index (χ1n) is 6.96. The van der Waals surface area contributed by atoms with Gasteiger partial charge in [-0.25, -0.2) is 9.97 Å². The van der Waals surface area contributed by atoms with Gasteiger partial charge < -0.3 is 5.32 Å². The summed E-state index contributed by atoms with van der Waals surface area (Å²) in [5.41, 5.74) is 1.27. The zero-order valence-corrected chi connectivity index (χ0v) is 13.3. The Balaban J connectivity index is 2.27. The average molecular weight is 287 g/mol. The zero-order chi connectivity index (χ0) is 14.5. The van der Waals surface area contributed by atoms with Gasteiger partial charge in [-0.15, -0.1) is 0 Å². The van der Waals surface area contributed by atoms with Gasteiger partial charge in [0.15, 0.2) is 0 Å². The Morgan fingerprint density at radius 2 is 1.85 bits per heavy atom. The van der Waals surface area contributed by atoms with E-state index in [4.69, 9.17) is 0 Å². The van der Waals surface area contributed by atoms with Crippen molar-refractivity contribution in [2.24, 2.45) is 0 Å². The molecule has 0 amide bonds. The molecule has 2 rings (SSSR count). The molecule has 0 spiro atoms. The SMILES string of the molecule is CCNc1cc(Sc2ccc(C)cc2)nc(C(C)C)n1. The summed E-state index contributed by atoms with van der Waals surface area (Å²) in [6.07, 6.45) is 0. The molecule has 1 N–H and O–H groups in total. The standard InChI is InChI=1S/C16H21N3S/c1-5-17-14-10-15(19-16(18-14)11(2)3)20-13-8-6-12(4)7-9-13/h6-11H,5H2,1-4H3,(H,17,18,19). The quantitative estimate of drug-likeness (QED) is 0.822. The lowest BCUT2D eigenvalue weighted by molar-refractivity contribution is 0.754. The minimum atomic E-state index is 0.325. The maximum Gasteiger partial charge on any atom is 0.134 e.